The van der Waals surface area contributed by atoms with Crippen molar-refractivity contribution in [2.75, 3.05) is 10.0 Å². The largest absolute Gasteiger partial charge is 0.322 e. The van der Waals surface area contributed by atoms with Gasteiger partial charge >= 0.3 is 0 Å². The Balaban J connectivity index is 1.42. The van der Waals surface area contributed by atoms with Crippen LogP contribution in [0.15, 0.2) is 75.6 Å². The lowest BCUT2D eigenvalue weighted by Crippen LogP contribution is -2.13. The highest BCUT2D eigenvalue weighted by Crippen LogP contribution is 2.22. The molecule has 0 radical (unpaired) electrons. The first kappa shape index (κ1) is 19.2. The fraction of sp³-hybridized carbons (Fsp3) is 0. The monoisotopic (exact) mass is 442 g/mol. The zero-order valence-corrected chi connectivity index (χ0v) is 17.2. The molecule has 2 heterocycles. The van der Waals surface area contributed by atoms with Crippen LogP contribution in [0.2, 0.25) is 0 Å². The molecule has 0 spiro atoms. The van der Waals surface area contributed by atoms with Gasteiger partial charge in [0.25, 0.3) is 15.9 Å². The number of nitrogens with zero attached hydrogens (tertiary/aromatic N) is 2. The second kappa shape index (κ2) is 8.11. The van der Waals surface area contributed by atoms with Gasteiger partial charge in [0, 0.05) is 27.9 Å². The third kappa shape index (κ3) is 4.50. The molecule has 0 bridgehead atoms. The van der Waals surface area contributed by atoms with E-state index >= 15 is 0 Å². The number of hydrogen-bond donors (Lipinski definition) is 2. The maximum atomic E-state index is 12.4. The number of carbonyl (C=O) groups is 1. The van der Waals surface area contributed by atoms with Gasteiger partial charge in [0.1, 0.15) is 9.90 Å². The van der Waals surface area contributed by atoms with E-state index in [1.807, 2.05) is 17.5 Å². The number of sulfonamides is 1. The minimum Gasteiger partial charge on any atom is -0.322 e. The van der Waals surface area contributed by atoms with E-state index in [9.17, 15) is 13.2 Å². The summed E-state index contributed by atoms with van der Waals surface area (Å²) < 4.78 is 31.1. The summed E-state index contributed by atoms with van der Waals surface area (Å²) in [6.45, 7) is 0. The van der Waals surface area contributed by atoms with Crippen molar-refractivity contribution in [3.8, 4) is 11.3 Å². The average molecular weight is 443 g/mol. The molecule has 2 aromatic heterocycles. The smallest absolute Gasteiger partial charge is 0.271 e. The zero-order chi connectivity index (χ0) is 20.3. The lowest BCUT2D eigenvalue weighted by atomic mass is 10.1. The predicted octanol–water partition coefficient (Wildman–Crippen LogP) is 4.32. The number of anilines is 2. The van der Waals surface area contributed by atoms with E-state index in [0.717, 1.165) is 22.6 Å². The molecule has 7 nitrogen and oxygen atoms in total. The molecule has 0 saturated heterocycles. The Morgan fingerprint density at radius 2 is 1.66 bits per heavy atom. The third-order valence-corrected chi connectivity index (χ3v) is 7.24. The van der Waals surface area contributed by atoms with Gasteiger partial charge in [-0.25, -0.2) is 8.42 Å². The van der Waals surface area contributed by atoms with Crippen molar-refractivity contribution in [1.82, 2.24) is 9.59 Å². The third-order valence-electron chi connectivity index (χ3n) is 3.96. The topological polar surface area (TPSA) is 101 Å². The van der Waals surface area contributed by atoms with Crippen LogP contribution in [-0.2, 0) is 10.0 Å². The van der Waals surface area contributed by atoms with Crippen LogP contribution in [-0.4, -0.2) is 23.9 Å². The van der Waals surface area contributed by atoms with E-state index in [4.69, 9.17) is 0 Å². The number of aromatic nitrogens is 2. The van der Waals surface area contributed by atoms with E-state index in [2.05, 4.69) is 19.6 Å². The Bertz CT molecular complexity index is 1200. The van der Waals surface area contributed by atoms with Crippen LogP contribution in [0, 0.1) is 0 Å². The molecule has 10 heteroatoms. The molecule has 29 heavy (non-hydrogen) atoms. The standard InChI is InChI=1S/C19H14N4O3S3/c24-19(20-15-7-3-13(4-8-15)17-12-28-23-21-17)14-5-9-16(10-6-14)22-29(25,26)18-2-1-11-27-18/h1-12,22H,(H,20,24). The van der Waals surface area contributed by atoms with Crippen LogP contribution in [0.5, 0.6) is 0 Å². The van der Waals surface area contributed by atoms with Crippen molar-refractivity contribution < 1.29 is 13.2 Å². The summed E-state index contributed by atoms with van der Waals surface area (Å²) in [7, 11) is -3.62. The SMILES string of the molecule is O=C(Nc1ccc(-c2csnn2)cc1)c1ccc(NS(=O)(=O)c2cccs2)cc1. The van der Waals surface area contributed by atoms with Crippen LogP contribution in [0.4, 0.5) is 11.4 Å². The van der Waals surface area contributed by atoms with Crippen LogP contribution in [0.25, 0.3) is 11.3 Å². The van der Waals surface area contributed by atoms with Crippen LogP contribution in [0.1, 0.15) is 10.4 Å². The maximum Gasteiger partial charge on any atom is 0.271 e. The summed E-state index contributed by atoms with van der Waals surface area (Å²) in [5.41, 5.74) is 3.14. The van der Waals surface area contributed by atoms with E-state index in [1.165, 1.54) is 17.6 Å². The molecule has 0 atom stereocenters. The first-order valence-corrected chi connectivity index (χ1v) is 11.6. The van der Waals surface area contributed by atoms with Crippen molar-refractivity contribution in [3.05, 3.63) is 77.0 Å². The average Bonchev–Trinajstić information content (AvgIpc) is 3.43. The summed E-state index contributed by atoms with van der Waals surface area (Å²) in [6, 6.07) is 16.7. The first-order chi connectivity index (χ1) is 14.0. The van der Waals surface area contributed by atoms with Gasteiger partial charge in [-0.1, -0.05) is 22.7 Å². The number of nitrogens with one attached hydrogen (secondary N) is 2. The Morgan fingerprint density at radius 3 is 2.28 bits per heavy atom. The predicted molar refractivity (Wildman–Crippen MR) is 115 cm³/mol. The molecule has 2 N–H and O–H groups in total. The van der Waals surface area contributed by atoms with E-state index < -0.39 is 10.0 Å². The van der Waals surface area contributed by atoms with Gasteiger partial charge < -0.3 is 5.32 Å². The summed E-state index contributed by atoms with van der Waals surface area (Å²) in [5, 5.41) is 10.4. The molecule has 4 rings (SSSR count). The summed E-state index contributed by atoms with van der Waals surface area (Å²) in [6.07, 6.45) is 0. The molecule has 2 aromatic carbocycles. The van der Waals surface area contributed by atoms with Gasteiger partial charge in [0.05, 0.1) is 0 Å². The molecular weight excluding hydrogens is 428 g/mol. The number of carbonyl (C=O) groups excluding carboxylic acids is 1. The van der Waals surface area contributed by atoms with Crippen LogP contribution < -0.4 is 10.0 Å². The van der Waals surface area contributed by atoms with Gasteiger partial charge in [0.2, 0.25) is 0 Å². The molecule has 0 fully saturated rings. The molecular formula is C19H14N4O3S3. The van der Waals surface area contributed by atoms with Crippen molar-refractivity contribution >= 4 is 50.2 Å². The molecule has 0 aliphatic carbocycles. The minimum atomic E-state index is -3.62. The lowest BCUT2D eigenvalue weighted by Gasteiger charge is -2.08. The van der Waals surface area contributed by atoms with E-state index in [1.54, 1.807) is 47.8 Å². The van der Waals surface area contributed by atoms with Crippen LogP contribution >= 0.6 is 22.9 Å². The molecule has 146 valence electrons. The number of thiophene rings is 1. The number of hydrogen-bond acceptors (Lipinski definition) is 7. The number of rotatable bonds is 6. The van der Waals surface area contributed by atoms with E-state index in [0.29, 0.717) is 16.9 Å². The van der Waals surface area contributed by atoms with Crippen molar-refractivity contribution in [2.24, 2.45) is 0 Å². The van der Waals surface area contributed by atoms with Gasteiger partial charge in [-0.05, 0) is 59.4 Å². The summed E-state index contributed by atoms with van der Waals surface area (Å²) in [4.78, 5) is 12.4. The summed E-state index contributed by atoms with van der Waals surface area (Å²) >= 11 is 2.41. The zero-order valence-electron chi connectivity index (χ0n) is 14.8. The second-order valence-electron chi connectivity index (χ2n) is 5.94. The molecule has 1 amide bonds. The fourth-order valence-corrected chi connectivity index (χ4v) is 5.05. The molecule has 0 aliphatic rings. The Kier molecular flexibility index (Phi) is 5.38. The van der Waals surface area contributed by atoms with Crippen molar-refractivity contribution in [1.29, 1.82) is 0 Å². The minimum absolute atomic E-state index is 0.233. The molecule has 0 unspecified atom stereocenters. The quantitative estimate of drug-likeness (QED) is 0.463. The highest BCUT2D eigenvalue weighted by atomic mass is 32.2. The van der Waals surface area contributed by atoms with Crippen molar-refractivity contribution in [2.45, 2.75) is 4.21 Å². The second-order valence-corrected chi connectivity index (χ2v) is 9.40. The maximum absolute atomic E-state index is 12.4. The van der Waals surface area contributed by atoms with Gasteiger partial charge in [-0.15, -0.1) is 16.4 Å². The van der Waals surface area contributed by atoms with Crippen molar-refractivity contribution in [3.63, 3.8) is 0 Å². The number of amides is 1. The lowest BCUT2D eigenvalue weighted by molar-refractivity contribution is 0.102. The van der Waals surface area contributed by atoms with Gasteiger partial charge in [-0.2, -0.15) is 0 Å². The molecule has 4 aromatic rings. The first-order valence-electron chi connectivity index (χ1n) is 8.36. The Morgan fingerprint density at radius 1 is 0.931 bits per heavy atom. The highest BCUT2D eigenvalue weighted by Gasteiger charge is 2.15. The molecule has 0 saturated carbocycles. The van der Waals surface area contributed by atoms with Gasteiger partial charge in [-0.3, -0.25) is 9.52 Å². The normalized spacial score (nSPS) is 11.2. The Labute approximate surface area is 175 Å². The van der Waals surface area contributed by atoms with Gasteiger partial charge in [0.15, 0.2) is 0 Å². The van der Waals surface area contributed by atoms with Crippen LogP contribution in [0.3, 0.4) is 0 Å². The number of benzene rings is 2. The highest BCUT2D eigenvalue weighted by molar-refractivity contribution is 7.94. The fourth-order valence-electron chi connectivity index (χ4n) is 2.53. The van der Waals surface area contributed by atoms with E-state index in [-0.39, 0.29) is 10.1 Å². The molecule has 0 aliphatic heterocycles. The summed E-state index contributed by atoms with van der Waals surface area (Å²) in [5.74, 6) is -0.291. The Hall–Kier alpha value is -3.08.